The minimum absolute atomic E-state index is 0.0176. The first kappa shape index (κ1) is 38.9. The number of carbonyl (C=O) groups excluding carboxylic acids is 4. The number of sulfonamides is 1. The van der Waals surface area contributed by atoms with E-state index in [0.717, 1.165) is 24.6 Å². The zero-order chi connectivity index (χ0) is 40.6. The maximum absolute atomic E-state index is 14.9. The van der Waals surface area contributed by atoms with Crippen LogP contribution >= 0.6 is 0 Å². The highest BCUT2D eigenvalue weighted by Gasteiger charge is 2.63. The Morgan fingerprint density at radius 1 is 0.983 bits per heavy atom. The minimum Gasteiger partial charge on any atom is -0.486 e. The molecular formula is C42H53N5O10S. The molecule has 4 amide bonds. The molecule has 3 N–H and O–H groups in total. The average molecular weight is 820 g/mol. The van der Waals surface area contributed by atoms with E-state index in [2.05, 4.69) is 27.3 Å². The van der Waals surface area contributed by atoms with Crippen molar-refractivity contribution >= 4 is 44.6 Å². The van der Waals surface area contributed by atoms with E-state index in [0.29, 0.717) is 67.6 Å². The van der Waals surface area contributed by atoms with Gasteiger partial charge in [-0.15, -0.1) is 0 Å². The van der Waals surface area contributed by atoms with Crippen LogP contribution in [-0.4, -0.2) is 96.5 Å². The zero-order valence-corrected chi connectivity index (χ0v) is 34.1. The van der Waals surface area contributed by atoms with Crippen molar-refractivity contribution in [2.75, 3.05) is 19.8 Å². The molecule has 312 valence electrons. The van der Waals surface area contributed by atoms with Gasteiger partial charge in [0, 0.05) is 29.3 Å². The highest BCUT2D eigenvalue weighted by molar-refractivity contribution is 7.91. The van der Waals surface area contributed by atoms with E-state index >= 15 is 0 Å². The van der Waals surface area contributed by atoms with Gasteiger partial charge in [-0.3, -0.25) is 19.1 Å². The standard InChI is InChI=1S/C42H53N5O10S/c1-23-6-4-5-7-27-21-42(27,39(50)46-58(52,53)41(3)11-12-41)45-36(48)32-20-29(56-37-31-8-9-33-35(55-15-14-54-33)30(31)10-13-43-37)22-47(32)38(49)34(24(2)16-23)44-40(51)57-28-18-25-17-26(25)19-28/h5,7-10,13,23-29,32,34H,4,6,11-12,14-22H2,1-3H3,(H,44,51)(H,45,48)(H,46,50)/b7-5-/t23-,24+,25-,26+,27+,28?,29+,32-,34-,42+/m0/s1. The van der Waals surface area contributed by atoms with Crippen LogP contribution in [0.2, 0.25) is 0 Å². The molecule has 0 radical (unpaired) electrons. The van der Waals surface area contributed by atoms with Gasteiger partial charge in [0.2, 0.25) is 27.7 Å². The summed E-state index contributed by atoms with van der Waals surface area (Å²) in [6.07, 6.45) is 9.92. The fraction of sp³-hybridized carbons (Fsp3) is 0.643. The van der Waals surface area contributed by atoms with Crippen LogP contribution in [0, 0.1) is 29.6 Å². The number of nitrogens with zero attached hydrogens (tertiary/aromatic N) is 2. The number of pyridine rings is 1. The Bertz CT molecular complexity index is 2150. The molecule has 15 nitrogen and oxygen atoms in total. The monoisotopic (exact) mass is 819 g/mol. The van der Waals surface area contributed by atoms with Crippen LogP contribution in [0.25, 0.3) is 10.8 Å². The number of hydrogen-bond donors (Lipinski definition) is 3. The molecule has 1 saturated heterocycles. The van der Waals surface area contributed by atoms with Gasteiger partial charge >= 0.3 is 6.09 Å². The van der Waals surface area contributed by atoms with Crippen molar-refractivity contribution in [1.29, 1.82) is 0 Å². The molecular weight excluding hydrogens is 767 g/mol. The number of allylic oxidation sites excluding steroid dienone is 1. The summed E-state index contributed by atoms with van der Waals surface area (Å²) in [6.45, 7) is 6.44. The number of amides is 4. The molecule has 5 fully saturated rings. The van der Waals surface area contributed by atoms with Gasteiger partial charge in [-0.1, -0.05) is 26.0 Å². The van der Waals surface area contributed by atoms with Gasteiger partial charge in [0.25, 0.3) is 5.91 Å². The SMILES string of the molecule is C[C@H]1CC/C=C\[C@@H]2C[C@@]2(C(=O)NS(=O)(=O)C2(C)CC2)NC(=O)[C@@H]2C[C@@H](Oc3nccc4c5c(ccc34)OCCO5)CN2C(=O)[C@@H](NC(=O)OC2C[C@@H]3C[C@@H]3C2)[C@H](C)C1. The van der Waals surface area contributed by atoms with Gasteiger partial charge in [0.05, 0.1) is 11.3 Å². The molecule has 1 aromatic carbocycles. The molecule has 0 spiro atoms. The fourth-order valence-electron chi connectivity index (χ4n) is 9.65. The predicted molar refractivity (Wildman–Crippen MR) is 210 cm³/mol. The average Bonchev–Trinajstić information content (AvgIpc) is 4.15. The summed E-state index contributed by atoms with van der Waals surface area (Å²) >= 11 is 0. The van der Waals surface area contributed by atoms with Crippen molar-refractivity contribution in [3.8, 4) is 17.4 Å². The number of ether oxygens (including phenoxy) is 4. The molecule has 4 heterocycles. The van der Waals surface area contributed by atoms with E-state index in [1.54, 1.807) is 19.2 Å². The van der Waals surface area contributed by atoms with Crippen LogP contribution < -0.4 is 29.6 Å². The van der Waals surface area contributed by atoms with Crippen molar-refractivity contribution in [2.45, 2.75) is 120 Å². The smallest absolute Gasteiger partial charge is 0.408 e. The first-order chi connectivity index (χ1) is 27.7. The number of hydrogen-bond acceptors (Lipinski definition) is 11. The maximum Gasteiger partial charge on any atom is 0.408 e. The van der Waals surface area contributed by atoms with Crippen LogP contribution in [-0.2, 0) is 29.1 Å². The molecule has 10 atom stereocenters. The molecule has 4 aliphatic carbocycles. The van der Waals surface area contributed by atoms with Gasteiger partial charge in [-0.25, -0.2) is 18.2 Å². The molecule has 0 bridgehead atoms. The van der Waals surface area contributed by atoms with Gasteiger partial charge < -0.3 is 34.5 Å². The molecule has 2 aromatic rings. The summed E-state index contributed by atoms with van der Waals surface area (Å²) in [5, 5.41) is 7.25. The summed E-state index contributed by atoms with van der Waals surface area (Å²) in [5.74, 6) is 0.200. The summed E-state index contributed by atoms with van der Waals surface area (Å²) in [6, 6.07) is 3.30. The summed E-state index contributed by atoms with van der Waals surface area (Å²) in [7, 11) is -4.00. The van der Waals surface area contributed by atoms with E-state index in [1.165, 1.54) is 11.3 Å². The van der Waals surface area contributed by atoms with E-state index in [4.69, 9.17) is 18.9 Å². The summed E-state index contributed by atoms with van der Waals surface area (Å²) in [4.78, 5) is 63.0. The number of carbonyl (C=O) groups is 4. The highest BCUT2D eigenvalue weighted by Crippen LogP contribution is 2.53. The Balaban J connectivity index is 1.02. The molecule has 1 unspecified atom stereocenters. The van der Waals surface area contributed by atoms with Crippen LogP contribution in [0.4, 0.5) is 4.79 Å². The molecule has 4 saturated carbocycles. The lowest BCUT2D eigenvalue weighted by atomic mass is 9.88. The molecule has 9 rings (SSSR count). The predicted octanol–water partition coefficient (Wildman–Crippen LogP) is 4.13. The number of benzene rings is 1. The minimum atomic E-state index is -4.00. The number of alkyl carbamates (subject to hydrolysis) is 1. The Hall–Kier alpha value is -4.60. The molecule has 1 aromatic heterocycles. The van der Waals surface area contributed by atoms with Crippen LogP contribution in [0.15, 0.2) is 36.5 Å². The van der Waals surface area contributed by atoms with E-state index < -0.39 is 68.2 Å². The normalized spacial score (nSPS) is 35.5. The lowest BCUT2D eigenvalue weighted by Gasteiger charge is -2.33. The molecule has 16 heteroatoms. The second kappa shape index (κ2) is 14.6. The van der Waals surface area contributed by atoms with Crippen molar-refractivity contribution in [1.82, 2.24) is 25.2 Å². The third-order valence-electron chi connectivity index (χ3n) is 13.7. The Kier molecular flexibility index (Phi) is 9.79. The Morgan fingerprint density at radius 2 is 1.76 bits per heavy atom. The third kappa shape index (κ3) is 7.34. The first-order valence-electron chi connectivity index (χ1n) is 20.9. The van der Waals surface area contributed by atoms with Crippen LogP contribution in [0.1, 0.15) is 85.0 Å². The van der Waals surface area contributed by atoms with Gasteiger partial charge in [-0.2, -0.15) is 0 Å². The third-order valence-corrected chi connectivity index (χ3v) is 15.8. The van der Waals surface area contributed by atoms with Gasteiger partial charge in [0.1, 0.15) is 43.0 Å². The second-order valence-electron chi connectivity index (χ2n) is 18.1. The second-order valence-corrected chi connectivity index (χ2v) is 20.3. The summed E-state index contributed by atoms with van der Waals surface area (Å²) < 4.78 is 51.8. The van der Waals surface area contributed by atoms with Crippen LogP contribution in [0.3, 0.4) is 0 Å². The molecule has 7 aliphatic rings. The number of fused-ring (bicyclic) bond motifs is 6. The quantitative estimate of drug-likeness (QED) is 0.341. The van der Waals surface area contributed by atoms with Crippen molar-refractivity contribution in [3.05, 3.63) is 36.5 Å². The van der Waals surface area contributed by atoms with Crippen molar-refractivity contribution in [2.24, 2.45) is 29.6 Å². The first-order valence-corrected chi connectivity index (χ1v) is 22.4. The Morgan fingerprint density at radius 3 is 2.53 bits per heavy atom. The zero-order valence-electron chi connectivity index (χ0n) is 33.2. The molecule has 58 heavy (non-hydrogen) atoms. The number of nitrogens with one attached hydrogen (secondary N) is 3. The van der Waals surface area contributed by atoms with E-state index in [1.807, 2.05) is 31.2 Å². The number of rotatable bonds is 7. The van der Waals surface area contributed by atoms with Crippen LogP contribution in [0.5, 0.6) is 17.4 Å². The summed E-state index contributed by atoms with van der Waals surface area (Å²) in [5.41, 5.74) is -1.53. The Labute approximate surface area is 338 Å². The van der Waals surface area contributed by atoms with E-state index in [9.17, 15) is 27.6 Å². The van der Waals surface area contributed by atoms with Gasteiger partial charge in [0.15, 0.2) is 11.5 Å². The fourth-order valence-corrected chi connectivity index (χ4v) is 11.0. The highest BCUT2D eigenvalue weighted by atomic mass is 32.2. The van der Waals surface area contributed by atoms with Gasteiger partial charge in [-0.05, 0) is 107 Å². The molecule has 3 aliphatic heterocycles. The lowest BCUT2D eigenvalue weighted by Crippen LogP contribution is -2.59. The topological polar surface area (TPSA) is 192 Å². The maximum atomic E-state index is 14.9. The number of aromatic nitrogens is 1. The lowest BCUT2D eigenvalue weighted by molar-refractivity contribution is -0.142. The van der Waals surface area contributed by atoms with Crippen molar-refractivity contribution in [3.63, 3.8) is 0 Å². The van der Waals surface area contributed by atoms with E-state index in [-0.39, 0.29) is 43.2 Å². The van der Waals surface area contributed by atoms with Crippen molar-refractivity contribution < 1.29 is 46.5 Å². The largest absolute Gasteiger partial charge is 0.486 e.